The summed E-state index contributed by atoms with van der Waals surface area (Å²) in [4.78, 5) is 25.5. The van der Waals surface area contributed by atoms with E-state index < -0.39 is 5.97 Å². The Kier molecular flexibility index (Phi) is 6.75. The van der Waals surface area contributed by atoms with Crippen LogP contribution in [0.4, 0.5) is 5.69 Å². The molecule has 0 saturated carbocycles. The molecule has 0 unspecified atom stereocenters. The van der Waals surface area contributed by atoms with Gasteiger partial charge in [-0.25, -0.2) is 4.79 Å². The number of nitrogens with one attached hydrogen (secondary N) is 1. The standard InChI is InChI=1S/C30H30BrNO5/c1-5-36-25(34)16-37-29-21(31)12-18(13-24(29)35-4)28-27-20(14-30(2,3)15-23(27)33)26-19-9-7-6-8-17(19)10-11-22(26)32-28/h6-13,28,32H,5,14-16H2,1-4H3/t28-/m0/s1. The summed E-state index contributed by atoms with van der Waals surface area (Å²) >= 11 is 3.59. The molecule has 0 fully saturated rings. The van der Waals surface area contributed by atoms with Crippen molar-refractivity contribution in [2.24, 2.45) is 5.41 Å². The maximum Gasteiger partial charge on any atom is 0.344 e. The highest BCUT2D eigenvalue weighted by Gasteiger charge is 2.41. The number of benzene rings is 3. The number of esters is 1. The number of anilines is 1. The van der Waals surface area contributed by atoms with Gasteiger partial charge in [0, 0.05) is 23.2 Å². The first kappa shape index (κ1) is 25.3. The molecule has 7 heteroatoms. The molecule has 1 aliphatic heterocycles. The van der Waals surface area contributed by atoms with Crippen molar-refractivity contribution >= 4 is 49.7 Å². The molecule has 5 rings (SSSR count). The van der Waals surface area contributed by atoms with Crippen molar-refractivity contribution in [3.05, 3.63) is 69.7 Å². The molecule has 1 N–H and O–H groups in total. The monoisotopic (exact) mass is 563 g/mol. The summed E-state index contributed by atoms with van der Waals surface area (Å²) in [5.74, 6) is 0.570. The number of halogens is 1. The van der Waals surface area contributed by atoms with E-state index in [1.807, 2.05) is 24.3 Å². The van der Waals surface area contributed by atoms with Crippen LogP contribution in [-0.2, 0) is 14.3 Å². The molecule has 1 aliphatic carbocycles. The van der Waals surface area contributed by atoms with Gasteiger partial charge in [-0.05, 0) is 74.8 Å². The third kappa shape index (κ3) is 4.73. The predicted octanol–water partition coefficient (Wildman–Crippen LogP) is 6.86. The Bertz CT molecular complexity index is 1440. The molecule has 0 spiro atoms. The fourth-order valence-corrected chi connectivity index (χ4v) is 6.04. The summed E-state index contributed by atoms with van der Waals surface area (Å²) in [5, 5.41) is 5.95. The van der Waals surface area contributed by atoms with E-state index in [4.69, 9.17) is 14.2 Å². The Morgan fingerprint density at radius 1 is 1.14 bits per heavy atom. The van der Waals surface area contributed by atoms with Gasteiger partial charge in [0.25, 0.3) is 0 Å². The maximum absolute atomic E-state index is 13.7. The highest BCUT2D eigenvalue weighted by molar-refractivity contribution is 9.10. The van der Waals surface area contributed by atoms with E-state index >= 15 is 0 Å². The van der Waals surface area contributed by atoms with Crippen LogP contribution in [0.5, 0.6) is 11.5 Å². The summed E-state index contributed by atoms with van der Waals surface area (Å²) in [5.41, 5.74) is 4.77. The van der Waals surface area contributed by atoms with Crippen LogP contribution in [0.1, 0.15) is 50.8 Å². The van der Waals surface area contributed by atoms with Crippen LogP contribution in [0, 0.1) is 5.41 Å². The van der Waals surface area contributed by atoms with Gasteiger partial charge >= 0.3 is 5.97 Å². The van der Waals surface area contributed by atoms with Crippen molar-refractivity contribution in [1.29, 1.82) is 0 Å². The molecule has 3 aromatic rings. The van der Waals surface area contributed by atoms with Gasteiger partial charge in [0.2, 0.25) is 0 Å². The molecule has 3 aromatic carbocycles. The average Bonchev–Trinajstić information content (AvgIpc) is 2.86. The topological polar surface area (TPSA) is 73.9 Å². The van der Waals surface area contributed by atoms with E-state index in [0.717, 1.165) is 45.2 Å². The van der Waals surface area contributed by atoms with Crippen LogP contribution in [0.15, 0.2) is 58.6 Å². The molecule has 37 heavy (non-hydrogen) atoms. The third-order valence-corrected chi connectivity index (χ3v) is 7.55. The van der Waals surface area contributed by atoms with Crippen LogP contribution < -0.4 is 14.8 Å². The zero-order valence-corrected chi connectivity index (χ0v) is 23.0. The molecular formula is C30H30BrNO5. The van der Waals surface area contributed by atoms with E-state index in [2.05, 4.69) is 59.4 Å². The molecule has 0 bridgehead atoms. The minimum absolute atomic E-state index is 0.130. The number of ether oxygens (including phenoxy) is 3. The fraction of sp³-hybridized carbons (Fsp3) is 0.333. The second-order valence-electron chi connectivity index (χ2n) is 10.2. The van der Waals surface area contributed by atoms with E-state index in [0.29, 0.717) is 22.4 Å². The molecule has 0 amide bonds. The van der Waals surface area contributed by atoms with Crippen molar-refractivity contribution in [2.45, 2.75) is 39.7 Å². The first-order chi connectivity index (χ1) is 17.7. The summed E-state index contributed by atoms with van der Waals surface area (Å²) < 4.78 is 17.0. The fourth-order valence-electron chi connectivity index (χ4n) is 5.47. The van der Waals surface area contributed by atoms with Crippen LogP contribution in [0.25, 0.3) is 16.3 Å². The maximum atomic E-state index is 13.7. The first-order valence-corrected chi connectivity index (χ1v) is 13.2. The predicted molar refractivity (Wildman–Crippen MR) is 148 cm³/mol. The second-order valence-corrected chi connectivity index (χ2v) is 11.1. The van der Waals surface area contributed by atoms with Gasteiger partial charge < -0.3 is 19.5 Å². The van der Waals surface area contributed by atoms with E-state index in [1.54, 1.807) is 14.0 Å². The number of carbonyl (C=O) groups excluding carboxylic acids is 2. The van der Waals surface area contributed by atoms with E-state index in [-0.39, 0.29) is 30.5 Å². The highest BCUT2D eigenvalue weighted by Crippen LogP contribution is 2.53. The van der Waals surface area contributed by atoms with Gasteiger partial charge in [-0.2, -0.15) is 0 Å². The van der Waals surface area contributed by atoms with Crippen molar-refractivity contribution in [3.63, 3.8) is 0 Å². The number of hydrogen-bond acceptors (Lipinski definition) is 6. The van der Waals surface area contributed by atoms with Gasteiger partial charge in [0.15, 0.2) is 23.9 Å². The number of methoxy groups -OCH3 is 1. The number of carbonyl (C=O) groups is 2. The van der Waals surface area contributed by atoms with Crippen molar-refractivity contribution < 1.29 is 23.8 Å². The SMILES string of the molecule is CCOC(=O)COc1c(Br)cc([C@@H]2Nc3ccc4ccccc4c3C3=C2C(=O)CC(C)(C)C3)cc1OC. The van der Waals surface area contributed by atoms with E-state index in [1.165, 1.54) is 0 Å². The van der Waals surface area contributed by atoms with Gasteiger partial charge in [0.1, 0.15) is 0 Å². The summed E-state index contributed by atoms with van der Waals surface area (Å²) in [7, 11) is 1.55. The van der Waals surface area contributed by atoms with Crippen molar-refractivity contribution in [3.8, 4) is 11.5 Å². The van der Waals surface area contributed by atoms with Crippen molar-refractivity contribution in [1.82, 2.24) is 0 Å². The van der Waals surface area contributed by atoms with Crippen molar-refractivity contribution in [2.75, 3.05) is 25.6 Å². The largest absolute Gasteiger partial charge is 0.493 e. The Morgan fingerprint density at radius 2 is 1.92 bits per heavy atom. The first-order valence-electron chi connectivity index (χ1n) is 12.4. The lowest BCUT2D eigenvalue weighted by atomic mass is 9.68. The van der Waals surface area contributed by atoms with Crippen LogP contribution in [0.3, 0.4) is 0 Å². The molecule has 1 atom stereocenters. The lowest BCUT2D eigenvalue weighted by Crippen LogP contribution is -2.33. The summed E-state index contributed by atoms with van der Waals surface area (Å²) in [6.07, 6.45) is 1.30. The Morgan fingerprint density at radius 3 is 2.68 bits per heavy atom. The quantitative estimate of drug-likeness (QED) is 0.330. The zero-order chi connectivity index (χ0) is 26.3. The third-order valence-electron chi connectivity index (χ3n) is 6.96. The van der Waals surface area contributed by atoms with Crippen LogP contribution >= 0.6 is 15.9 Å². The Labute approximate surface area is 225 Å². The molecule has 1 heterocycles. The normalized spacial score (nSPS) is 18.1. The van der Waals surface area contributed by atoms with Gasteiger partial charge in [-0.15, -0.1) is 0 Å². The molecule has 0 aromatic heterocycles. The van der Waals surface area contributed by atoms with Gasteiger partial charge in [0.05, 0.1) is 24.2 Å². The smallest absolute Gasteiger partial charge is 0.344 e. The molecule has 2 aliphatic rings. The number of rotatable bonds is 6. The highest BCUT2D eigenvalue weighted by atomic mass is 79.9. The average molecular weight is 564 g/mol. The summed E-state index contributed by atoms with van der Waals surface area (Å²) in [6, 6.07) is 16.0. The molecular weight excluding hydrogens is 534 g/mol. The molecule has 0 radical (unpaired) electrons. The Hall–Kier alpha value is -3.32. The zero-order valence-electron chi connectivity index (χ0n) is 21.4. The lowest BCUT2D eigenvalue weighted by Gasteiger charge is -2.40. The number of hydrogen-bond donors (Lipinski definition) is 1. The summed E-state index contributed by atoms with van der Waals surface area (Å²) in [6.45, 7) is 6.12. The van der Waals surface area contributed by atoms with Gasteiger partial charge in [-0.1, -0.05) is 44.2 Å². The number of Topliss-reactive ketones (excluding diaryl/α,β-unsaturated/α-hetero) is 1. The van der Waals surface area contributed by atoms with Gasteiger partial charge in [-0.3, -0.25) is 4.79 Å². The van der Waals surface area contributed by atoms with Crippen LogP contribution in [0.2, 0.25) is 0 Å². The second kappa shape index (κ2) is 9.86. The number of ketones is 1. The number of fused-ring (bicyclic) bond motifs is 4. The van der Waals surface area contributed by atoms with E-state index in [9.17, 15) is 9.59 Å². The molecule has 6 nitrogen and oxygen atoms in total. The minimum atomic E-state index is -0.455. The molecule has 192 valence electrons. The Balaban J connectivity index is 1.63. The van der Waals surface area contributed by atoms with Crippen LogP contribution in [-0.4, -0.2) is 32.1 Å². The number of allylic oxidation sites excluding steroid dienone is 1. The minimum Gasteiger partial charge on any atom is -0.493 e. The lowest BCUT2D eigenvalue weighted by molar-refractivity contribution is -0.145. The molecule has 0 saturated heterocycles.